The van der Waals surface area contributed by atoms with Crippen molar-refractivity contribution in [3.05, 3.63) is 24.3 Å². The van der Waals surface area contributed by atoms with Gasteiger partial charge >= 0.3 is 0 Å². The van der Waals surface area contributed by atoms with E-state index < -0.39 is 0 Å². The molecule has 0 spiro atoms. The van der Waals surface area contributed by atoms with Crippen LogP contribution in [-0.2, 0) is 4.79 Å². The molecule has 1 amide bonds. The minimum atomic E-state index is 0.190. The van der Waals surface area contributed by atoms with Gasteiger partial charge in [0.15, 0.2) is 0 Å². The number of amides is 1. The predicted octanol–water partition coefficient (Wildman–Crippen LogP) is 1.91. The minimum Gasteiger partial charge on any atom is -0.493 e. The van der Waals surface area contributed by atoms with Crippen LogP contribution in [0.5, 0.6) is 5.75 Å². The van der Waals surface area contributed by atoms with Gasteiger partial charge in [-0.2, -0.15) is 0 Å². The predicted molar refractivity (Wildman–Crippen MR) is 71.3 cm³/mol. The Labute approximate surface area is 108 Å². The van der Waals surface area contributed by atoms with E-state index >= 15 is 0 Å². The van der Waals surface area contributed by atoms with E-state index in [9.17, 15) is 4.79 Å². The lowest BCUT2D eigenvalue weighted by Gasteiger charge is -2.16. The summed E-state index contributed by atoms with van der Waals surface area (Å²) in [6.45, 7) is 4.38. The van der Waals surface area contributed by atoms with Crippen molar-refractivity contribution in [3.8, 4) is 5.75 Å². The molecule has 4 nitrogen and oxygen atoms in total. The molecule has 1 fully saturated rings. The van der Waals surface area contributed by atoms with Crippen molar-refractivity contribution in [3.63, 3.8) is 0 Å². The molecule has 1 aromatic rings. The summed E-state index contributed by atoms with van der Waals surface area (Å²) in [7, 11) is 0. The molecule has 1 heterocycles. The van der Waals surface area contributed by atoms with Crippen molar-refractivity contribution < 1.29 is 9.53 Å². The van der Waals surface area contributed by atoms with Crippen molar-refractivity contribution in [2.24, 2.45) is 5.92 Å². The number of ether oxygens (including phenoxy) is 1. The number of rotatable bonds is 4. The largest absolute Gasteiger partial charge is 0.493 e. The molecule has 0 aliphatic carbocycles. The van der Waals surface area contributed by atoms with Crippen LogP contribution in [0.15, 0.2) is 24.3 Å². The van der Waals surface area contributed by atoms with Crippen LogP contribution in [0.3, 0.4) is 0 Å². The van der Waals surface area contributed by atoms with E-state index in [2.05, 4.69) is 6.92 Å². The summed E-state index contributed by atoms with van der Waals surface area (Å²) in [4.78, 5) is 13.8. The van der Waals surface area contributed by atoms with Gasteiger partial charge in [-0.05, 0) is 36.6 Å². The number of anilines is 1. The van der Waals surface area contributed by atoms with E-state index in [4.69, 9.17) is 10.5 Å². The van der Waals surface area contributed by atoms with Crippen LogP contribution < -0.4 is 10.5 Å². The van der Waals surface area contributed by atoms with Crippen LogP contribution in [0.25, 0.3) is 0 Å². The molecule has 18 heavy (non-hydrogen) atoms. The molecule has 0 aromatic heterocycles. The quantitative estimate of drug-likeness (QED) is 0.828. The summed E-state index contributed by atoms with van der Waals surface area (Å²) in [5.41, 5.74) is 6.30. The molecule has 1 saturated heterocycles. The van der Waals surface area contributed by atoms with Gasteiger partial charge in [-0.1, -0.05) is 6.92 Å². The Bertz CT molecular complexity index is 403. The summed E-state index contributed by atoms with van der Waals surface area (Å²) < 4.78 is 5.51. The Morgan fingerprint density at radius 2 is 2.17 bits per heavy atom. The van der Waals surface area contributed by atoms with Gasteiger partial charge in [-0.3, -0.25) is 4.79 Å². The monoisotopic (exact) mass is 248 g/mol. The zero-order valence-corrected chi connectivity index (χ0v) is 10.8. The smallest absolute Gasteiger partial charge is 0.226 e. The van der Waals surface area contributed by atoms with Gasteiger partial charge in [-0.25, -0.2) is 0 Å². The molecule has 1 aromatic carbocycles. The van der Waals surface area contributed by atoms with E-state index in [1.165, 1.54) is 0 Å². The second-order valence-electron chi connectivity index (χ2n) is 4.90. The molecular weight excluding hydrogens is 228 g/mol. The van der Waals surface area contributed by atoms with Crippen LogP contribution in [-0.4, -0.2) is 30.5 Å². The van der Waals surface area contributed by atoms with Crippen LogP contribution >= 0.6 is 0 Å². The lowest BCUT2D eigenvalue weighted by Crippen LogP contribution is -2.29. The maximum atomic E-state index is 11.9. The molecule has 1 aliphatic rings. The number of carbonyl (C=O) groups excluding carboxylic acids is 1. The average molecular weight is 248 g/mol. The first kappa shape index (κ1) is 12.7. The second-order valence-corrected chi connectivity index (χ2v) is 4.90. The third kappa shape index (κ3) is 3.39. The Hall–Kier alpha value is -1.71. The summed E-state index contributed by atoms with van der Waals surface area (Å²) >= 11 is 0. The fraction of sp³-hybridized carbons (Fsp3) is 0.500. The molecule has 2 rings (SSSR count). The maximum Gasteiger partial charge on any atom is 0.226 e. The molecule has 0 saturated carbocycles. The van der Waals surface area contributed by atoms with Gasteiger partial charge in [0.25, 0.3) is 0 Å². The highest BCUT2D eigenvalue weighted by molar-refractivity contribution is 5.76. The highest BCUT2D eigenvalue weighted by Crippen LogP contribution is 2.16. The summed E-state index contributed by atoms with van der Waals surface area (Å²) in [5.74, 6) is 1.58. The van der Waals surface area contributed by atoms with Gasteiger partial charge in [-0.15, -0.1) is 0 Å². The summed E-state index contributed by atoms with van der Waals surface area (Å²) in [6, 6.07) is 7.22. The zero-order chi connectivity index (χ0) is 13.0. The number of nitrogen functional groups attached to an aromatic ring is 1. The molecule has 1 unspecified atom stereocenters. The fourth-order valence-corrected chi connectivity index (χ4v) is 2.14. The molecule has 98 valence electrons. The van der Waals surface area contributed by atoms with Crippen molar-refractivity contribution in [2.75, 3.05) is 25.4 Å². The third-order valence-corrected chi connectivity index (χ3v) is 3.24. The molecule has 1 aliphatic heterocycles. The van der Waals surface area contributed by atoms with Crippen LogP contribution in [0.1, 0.15) is 19.8 Å². The van der Waals surface area contributed by atoms with Gasteiger partial charge < -0.3 is 15.4 Å². The van der Waals surface area contributed by atoms with Crippen molar-refractivity contribution >= 4 is 11.6 Å². The second kappa shape index (κ2) is 5.76. The first-order valence-corrected chi connectivity index (χ1v) is 6.41. The number of nitrogens with two attached hydrogens (primary N) is 1. The highest BCUT2D eigenvalue weighted by Gasteiger charge is 2.22. The van der Waals surface area contributed by atoms with Crippen molar-refractivity contribution in [1.29, 1.82) is 0 Å². The van der Waals surface area contributed by atoms with E-state index in [0.29, 0.717) is 24.6 Å². The van der Waals surface area contributed by atoms with Crippen LogP contribution in [0, 0.1) is 5.92 Å². The number of likely N-dealkylation sites (tertiary alicyclic amines) is 1. The SMILES string of the molecule is CC1CCN(C(=O)CCOc2ccc(N)cc2)C1. The number of nitrogens with zero attached hydrogens (tertiary/aromatic N) is 1. The molecular formula is C14H20N2O2. The Kier molecular flexibility index (Phi) is 4.07. The summed E-state index contributed by atoms with van der Waals surface area (Å²) in [6.07, 6.45) is 1.56. The number of carbonyl (C=O) groups is 1. The maximum absolute atomic E-state index is 11.9. The first-order valence-electron chi connectivity index (χ1n) is 6.41. The fourth-order valence-electron chi connectivity index (χ4n) is 2.14. The topological polar surface area (TPSA) is 55.6 Å². The van der Waals surface area contributed by atoms with E-state index in [-0.39, 0.29) is 5.91 Å². The first-order chi connectivity index (χ1) is 8.65. The molecule has 1 atom stereocenters. The Morgan fingerprint density at radius 3 is 2.78 bits per heavy atom. The standard InChI is InChI=1S/C14H20N2O2/c1-11-6-8-16(10-11)14(17)7-9-18-13-4-2-12(15)3-5-13/h2-5,11H,6-10,15H2,1H3. The van der Waals surface area contributed by atoms with E-state index in [0.717, 1.165) is 25.3 Å². The minimum absolute atomic E-state index is 0.190. The number of hydrogen-bond acceptors (Lipinski definition) is 3. The lowest BCUT2D eigenvalue weighted by molar-refractivity contribution is -0.130. The van der Waals surface area contributed by atoms with Gasteiger partial charge in [0, 0.05) is 18.8 Å². The van der Waals surface area contributed by atoms with Gasteiger partial charge in [0.2, 0.25) is 5.91 Å². The summed E-state index contributed by atoms with van der Waals surface area (Å²) in [5, 5.41) is 0. The zero-order valence-electron chi connectivity index (χ0n) is 10.8. The molecule has 4 heteroatoms. The van der Waals surface area contributed by atoms with Gasteiger partial charge in [0.1, 0.15) is 5.75 Å². The Morgan fingerprint density at radius 1 is 1.44 bits per heavy atom. The van der Waals surface area contributed by atoms with Crippen molar-refractivity contribution in [2.45, 2.75) is 19.8 Å². The van der Waals surface area contributed by atoms with Crippen molar-refractivity contribution in [1.82, 2.24) is 4.90 Å². The van der Waals surface area contributed by atoms with E-state index in [1.807, 2.05) is 17.0 Å². The number of benzene rings is 1. The average Bonchev–Trinajstić information content (AvgIpc) is 2.78. The molecule has 0 radical (unpaired) electrons. The van der Waals surface area contributed by atoms with Crippen LogP contribution in [0.2, 0.25) is 0 Å². The van der Waals surface area contributed by atoms with Crippen LogP contribution in [0.4, 0.5) is 5.69 Å². The molecule has 2 N–H and O–H groups in total. The third-order valence-electron chi connectivity index (χ3n) is 3.24. The molecule has 0 bridgehead atoms. The highest BCUT2D eigenvalue weighted by atomic mass is 16.5. The van der Waals surface area contributed by atoms with E-state index in [1.54, 1.807) is 12.1 Å². The normalized spacial score (nSPS) is 18.9. The number of hydrogen-bond donors (Lipinski definition) is 1. The van der Waals surface area contributed by atoms with Gasteiger partial charge in [0.05, 0.1) is 13.0 Å². The lowest BCUT2D eigenvalue weighted by atomic mass is 10.2. The Balaban J connectivity index is 1.72.